The van der Waals surface area contributed by atoms with Gasteiger partial charge in [-0.05, 0) is 115 Å². The number of hydrogen-bond acceptors (Lipinski definition) is 1. The normalized spacial score (nSPS) is 13.9. The van der Waals surface area contributed by atoms with E-state index in [1.54, 1.807) is 0 Å². The van der Waals surface area contributed by atoms with E-state index >= 15 is 0 Å². The first-order valence-electron chi connectivity index (χ1n) is 19.8. The van der Waals surface area contributed by atoms with Crippen LogP contribution in [-0.2, 0) is 5.41 Å². The van der Waals surface area contributed by atoms with Gasteiger partial charge in [-0.2, -0.15) is 0 Å². The van der Waals surface area contributed by atoms with Gasteiger partial charge in [-0.1, -0.05) is 184 Å². The summed E-state index contributed by atoms with van der Waals surface area (Å²) >= 11 is 0. The third-order valence-corrected chi connectivity index (χ3v) is 12.0. The summed E-state index contributed by atoms with van der Waals surface area (Å²) in [7, 11) is 0. The average molecular weight is 718 g/mol. The molecule has 0 fully saturated rings. The molecule has 56 heavy (non-hydrogen) atoms. The topological polar surface area (TPSA) is 3.24 Å². The second kappa shape index (κ2) is 13.9. The fourth-order valence-corrected chi connectivity index (χ4v) is 9.01. The van der Waals surface area contributed by atoms with Gasteiger partial charge in [0.25, 0.3) is 0 Å². The summed E-state index contributed by atoms with van der Waals surface area (Å²) in [5.74, 6) is 0. The third kappa shape index (κ3) is 5.88. The zero-order chi connectivity index (χ0) is 37.6. The predicted molar refractivity (Wildman–Crippen MR) is 239 cm³/mol. The van der Waals surface area contributed by atoms with Crippen LogP contribution in [0.2, 0.25) is 0 Å². The van der Waals surface area contributed by atoms with Crippen molar-refractivity contribution in [3.05, 3.63) is 217 Å². The molecule has 0 radical (unpaired) electrons. The summed E-state index contributed by atoms with van der Waals surface area (Å²) in [4.78, 5) is 2.50. The van der Waals surface area contributed by atoms with Crippen LogP contribution in [0.5, 0.6) is 0 Å². The number of allylic oxidation sites excluding steroid dienone is 4. The fourth-order valence-electron chi connectivity index (χ4n) is 9.01. The maximum absolute atomic E-state index is 2.50. The van der Waals surface area contributed by atoms with Gasteiger partial charge < -0.3 is 4.90 Å². The maximum atomic E-state index is 2.50. The van der Waals surface area contributed by atoms with E-state index in [0.29, 0.717) is 0 Å². The molecule has 2 aliphatic rings. The van der Waals surface area contributed by atoms with Gasteiger partial charge in [0.2, 0.25) is 0 Å². The number of benzene rings is 8. The predicted octanol–water partition coefficient (Wildman–Crippen LogP) is 15.4. The lowest BCUT2D eigenvalue weighted by molar-refractivity contribution is 0.660. The monoisotopic (exact) mass is 717 g/mol. The quantitative estimate of drug-likeness (QED) is 0.159. The van der Waals surface area contributed by atoms with Crippen molar-refractivity contribution in [2.24, 2.45) is 0 Å². The van der Waals surface area contributed by atoms with Gasteiger partial charge in [0.15, 0.2) is 0 Å². The molecule has 8 aromatic carbocycles. The third-order valence-electron chi connectivity index (χ3n) is 12.0. The van der Waals surface area contributed by atoms with E-state index in [1.165, 1.54) is 83.2 Å². The van der Waals surface area contributed by atoms with E-state index in [0.717, 1.165) is 24.2 Å². The van der Waals surface area contributed by atoms with Crippen LogP contribution in [0.3, 0.4) is 0 Å². The minimum absolute atomic E-state index is 0.117. The highest BCUT2D eigenvalue weighted by Gasteiger charge is 2.36. The molecule has 0 aromatic heterocycles. The molecular weight excluding hydrogens is 675 g/mol. The number of anilines is 3. The van der Waals surface area contributed by atoms with E-state index in [2.05, 4.69) is 219 Å². The van der Waals surface area contributed by atoms with Crippen LogP contribution in [0.4, 0.5) is 17.1 Å². The van der Waals surface area contributed by atoms with Crippen molar-refractivity contribution >= 4 is 33.4 Å². The Hall–Kier alpha value is -6.70. The molecule has 0 heterocycles. The Morgan fingerprint density at radius 2 is 1.04 bits per heavy atom. The second-order valence-corrected chi connectivity index (χ2v) is 15.6. The van der Waals surface area contributed by atoms with Crippen molar-refractivity contribution in [3.8, 4) is 44.5 Å². The number of hydrogen-bond donors (Lipinski definition) is 0. The van der Waals surface area contributed by atoms with E-state index in [1.807, 2.05) is 0 Å². The lowest BCUT2D eigenvalue weighted by Crippen LogP contribution is -2.17. The molecule has 0 bridgehead atoms. The Kier molecular flexibility index (Phi) is 8.37. The van der Waals surface area contributed by atoms with Gasteiger partial charge in [0.05, 0.1) is 5.69 Å². The standard InChI is InChI=1S/C55H43N/c1-55(2)52-23-12-11-21-50(52)51-35-33-46(37-53(51)55)56(45-31-28-41(29-32-45)40-26-24-39(25-27-40)38-14-5-3-6-15-38)54-36-44(30-34-49(54)43-16-7-4-8-17-43)48-22-13-19-42-18-9-10-20-47(42)48/h3-7,9-16,18-37H,8,17H2,1-2H3. The molecule has 0 saturated heterocycles. The molecular formula is C55H43N. The molecule has 0 saturated carbocycles. The molecule has 0 amide bonds. The van der Waals surface area contributed by atoms with Gasteiger partial charge in [-0.3, -0.25) is 0 Å². The largest absolute Gasteiger partial charge is 0.310 e. The van der Waals surface area contributed by atoms with Crippen LogP contribution in [0.1, 0.15) is 43.4 Å². The molecule has 268 valence electrons. The van der Waals surface area contributed by atoms with Gasteiger partial charge in [0.1, 0.15) is 0 Å². The Labute approximate surface area is 330 Å². The minimum Gasteiger partial charge on any atom is -0.310 e. The van der Waals surface area contributed by atoms with E-state index < -0.39 is 0 Å². The van der Waals surface area contributed by atoms with E-state index in [9.17, 15) is 0 Å². The number of fused-ring (bicyclic) bond motifs is 4. The van der Waals surface area contributed by atoms with Crippen LogP contribution in [0.15, 0.2) is 200 Å². The fraction of sp³-hybridized carbons (Fsp3) is 0.0909. The molecule has 10 rings (SSSR count). The SMILES string of the molecule is CC1(C)c2ccccc2-c2ccc(N(c3ccc(-c4ccc(-c5ccccc5)cc4)cc3)c3cc(-c4cccc5ccccc45)ccc3C3=CC=CCC3)cc21. The lowest BCUT2D eigenvalue weighted by atomic mass is 9.82. The summed E-state index contributed by atoms with van der Waals surface area (Å²) < 4.78 is 0. The summed E-state index contributed by atoms with van der Waals surface area (Å²) in [6, 6.07) is 67.2. The molecule has 0 aliphatic heterocycles. The van der Waals surface area contributed by atoms with Crippen molar-refractivity contribution in [1.29, 1.82) is 0 Å². The summed E-state index contributed by atoms with van der Waals surface area (Å²) in [6.07, 6.45) is 8.85. The Morgan fingerprint density at radius 3 is 1.80 bits per heavy atom. The first-order chi connectivity index (χ1) is 27.5. The van der Waals surface area contributed by atoms with Crippen molar-refractivity contribution in [1.82, 2.24) is 0 Å². The molecule has 8 aromatic rings. The minimum atomic E-state index is -0.117. The first-order valence-corrected chi connectivity index (χ1v) is 19.8. The van der Waals surface area contributed by atoms with Crippen molar-refractivity contribution in [2.45, 2.75) is 32.1 Å². The van der Waals surface area contributed by atoms with Crippen LogP contribution >= 0.6 is 0 Å². The Balaban J connectivity index is 1.15. The van der Waals surface area contributed by atoms with Crippen LogP contribution in [-0.4, -0.2) is 0 Å². The van der Waals surface area contributed by atoms with Crippen molar-refractivity contribution < 1.29 is 0 Å². The highest BCUT2D eigenvalue weighted by Crippen LogP contribution is 2.51. The lowest BCUT2D eigenvalue weighted by Gasteiger charge is -2.31. The molecule has 2 aliphatic carbocycles. The summed E-state index contributed by atoms with van der Waals surface area (Å²) in [5, 5.41) is 2.51. The van der Waals surface area contributed by atoms with E-state index in [-0.39, 0.29) is 5.41 Å². The highest BCUT2D eigenvalue weighted by molar-refractivity contribution is 5.99. The van der Waals surface area contributed by atoms with Gasteiger partial charge >= 0.3 is 0 Å². The first kappa shape index (κ1) is 33.8. The van der Waals surface area contributed by atoms with Crippen molar-refractivity contribution in [2.75, 3.05) is 4.90 Å². The maximum Gasteiger partial charge on any atom is 0.0542 e. The molecule has 0 unspecified atom stereocenters. The van der Waals surface area contributed by atoms with Crippen LogP contribution in [0, 0.1) is 0 Å². The summed E-state index contributed by atoms with van der Waals surface area (Å²) in [6.45, 7) is 4.74. The van der Waals surface area contributed by atoms with Gasteiger partial charge in [-0.15, -0.1) is 0 Å². The highest BCUT2D eigenvalue weighted by atomic mass is 15.1. The molecule has 0 N–H and O–H groups in total. The van der Waals surface area contributed by atoms with Gasteiger partial charge in [-0.25, -0.2) is 0 Å². The summed E-state index contributed by atoms with van der Waals surface area (Å²) in [5.41, 5.74) is 18.7. The smallest absolute Gasteiger partial charge is 0.0542 e. The number of nitrogens with zero attached hydrogens (tertiary/aromatic N) is 1. The zero-order valence-electron chi connectivity index (χ0n) is 31.9. The molecule has 1 nitrogen and oxygen atoms in total. The second-order valence-electron chi connectivity index (χ2n) is 15.6. The van der Waals surface area contributed by atoms with Gasteiger partial charge in [0, 0.05) is 22.4 Å². The van der Waals surface area contributed by atoms with E-state index in [4.69, 9.17) is 0 Å². The Bertz CT molecular complexity index is 2800. The molecule has 1 heteroatoms. The Morgan fingerprint density at radius 1 is 0.446 bits per heavy atom. The average Bonchev–Trinajstić information content (AvgIpc) is 3.49. The molecule has 0 atom stereocenters. The van der Waals surface area contributed by atoms with Crippen molar-refractivity contribution in [3.63, 3.8) is 0 Å². The van der Waals surface area contributed by atoms with Crippen LogP contribution < -0.4 is 4.90 Å². The molecule has 0 spiro atoms. The van der Waals surface area contributed by atoms with Crippen LogP contribution in [0.25, 0.3) is 60.9 Å². The zero-order valence-corrected chi connectivity index (χ0v) is 31.9. The number of rotatable bonds is 7.